The van der Waals surface area contributed by atoms with Crippen molar-refractivity contribution in [1.29, 1.82) is 0 Å². The third kappa shape index (κ3) is 5.73. The van der Waals surface area contributed by atoms with E-state index in [0.29, 0.717) is 0 Å². The Morgan fingerprint density at radius 1 is 1.63 bits per heavy atom. The molecule has 2 N–H and O–H groups in total. The summed E-state index contributed by atoms with van der Waals surface area (Å²) in [5.41, 5.74) is -0.238. The molecule has 0 amide bonds. The predicted octanol–water partition coefficient (Wildman–Crippen LogP) is 1.38. The molecule has 0 bridgehead atoms. The summed E-state index contributed by atoms with van der Waals surface area (Å²) in [5.74, 6) is -0.0400. The van der Waals surface area contributed by atoms with Crippen molar-refractivity contribution in [3.05, 3.63) is 22.5 Å². The van der Waals surface area contributed by atoms with E-state index in [-0.39, 0.29) is 42.9 Å². The van der Waals surface area contributed by atoms with Gasteiger partial charge in [-0.3, -0.25) is 5.32 Å². The van der Waals surface area contributed by atoms with Gasteiger partial charge in [-0.05, 0) is 10.8 Å². The Kier molecular flexibility index (Phi) is 7.93. The number of imidazole rings is 1. The molecule has 0 saturated heterocycles. The van der Waals surface area contributed by atoms with Gasteiger partial charge < -0.3 is 15.2 Å². The Bertz CT molecular complexity index is 400. The fraction of sp³-hybridized carbons (Fsp3) is 0.700. The van der Waals surface area contributed by atoms with Gasteiger partial charge in [-0.2, -0.15) is 0 Å². The van der Waals surface area contributed by atoms with Crippen molar-refractivity contribution < 1.29 is 10.0 Å². The SMILES string of the molecule is CC(C)C(Cl)NCC(O)Cn1ccnc1[N+](=O)[O-].Cl. The summed E-state index contributed by atoms with van der Waals surface area (Å²) in [6, 6.07) is 0. The molecule has 19 heavy (non-hydrogen) atoms. The third-order valence-electron chi connectivity index (χ3n) is 2.40. The molecule has 0 radical (unpaired) electrons. The first-order valence-electron chi connectivity index (χ1n) is 5.63. The molecular weight excluding hydrogens is 295 g/mol. The molecule has 2 unspecified atom stereocenters. The van der Waals surface area contributed by atoms with Gasteiger partial charge in [-0.15, -0.1) is 24.0 Å². The number of nitro groups is 1. The number of hydrogen-bond donors (Lipinski definition) is 2. The maximum Gasteiger partial charge on any atom is 0.434 e. The third-order valence-corrected chi connectivity index (χ3v) is 3.06. The van der Waals surface area contributed by atoms with Crippen molar-refractivity contribution in [1.82, 2.24) is 14.9 Å². The largest absolute Gasteiger partial charge is 0.434 e. The predicted molar refractivity (Wildman–Crippen MR) is 74.6 cm³/mol. The van der Waals surface area contributed by atoms with E-state index in [1.165, 1.54) is 17.0 Å². The summed E-state index contributed by atoms with van der Waals surface area (Å²) in [5, 5.41) is 23.3. The molecule has 0 fully saturated rings. The first kappa shape index (κ1) is 18.1. The molecule has 1 heterocycles. The normalized spacial score (nSPS) is 13.9. The van der Waals surface area contributed by atoms with Crippen molar-refractivity contribution in [2.75, 3.05) is 6.54 Å². The van der Waals surface area contributed by atoms with Crippen molar-refractivity contribution in [3.63, 3.8) is 0 Å². The van der Waals surface area contributed by atoms with Crippen LogP contribution in [0.4, 0.5) is 5.95 Å². The Morgan fingerprint density at radius 3 is 2.79 bits per heavy atom. The Morgan fingerprint density at radius 2 is 2.26 bits per heavy atom. The van der Waals surface area contributed by atoms with E-state index < -0.39 is 11.0 Å². The number of rotatable bonds is 7. The van der Waals surface area contributed by atoms with Crippen molar-refractivity contribution in [2.45, 2.75) is 32.0 Å². The lowest BCUT2D eigenvalue weighted by Gasteiger charge is -2.17. The maximum absolute atomic E-state index is 10.6. The number of aromatic nitrogens is 2. The van der Waals surface area contributed by atoms with Crippen LogP contribution in [-0.2, 0) is 6.54 Å². The molecule has 2 atom stereocenters. The number of halogens is 2. The van der Waals surface area contributed by atoms with E-state index in [2.05, 4.69) is 10.3 Å². The fourth-order valence-corrected chi connectivity index (χ4v) is 1.48. The van der Waals surface area contributed by atoms with Crippen LogP contribution in [-0.4, -0.2) is 37.7 Å². The second kappa shape index (κ2) is 8.31. The van der Waals surface area contributed by atoms with Gasteiger partial charge in [0.1, 0.15) is 12.4 Å². The van der Waals surface area contributed by atoms with Gasteiger partial charge >= 0.3 is 5.95 Å². The number of aliphatic hydroxyl groups is 1. The molecule has 1 aromatic heterocycles. The van der Waals surface area contributed by atoms with E-state index >= 15 is 0 Å². The lowest BCUT2D eigenvalue weighted by molar-refractivity contribution is -0.397. The molecule has 0 aliphatic rings. The smallest absolute Gasteiger partial charge is 0.390 e. The highest BCUT2D eigenvalue weighted by atomic mass is 35.5. The van der Waals surface area contributed by atoms with Crippen LogP contribution < -0.4 is 5.32 Å². The Balaban J connectivity index is 0.00000324. The van der Waals surface area contributed by atoms with E-state index in [1.807, 2.05) is 13.8 Å². The molecule has 0 aliphatic heterocycles. The van der Waals surface area contributed by atoms with Gasteiger partial charge in [0.25, 0.3) is 0 Å². The van der Waals surface area contributed by atoms with Crippen LogP contribution in [0.1, 0.15) is 13.8 Å². The van der Waals surface area contributed by atoms with Crippen LogP contribution in [0.5, 0.6) is 0 Å². The van der Waals surface area contributed by atoms with Crippen LogP contribution in [0.3, 0.4) is 0 Å². The maximum atomic E-state index is 10.6. The Labute approximate surface area is 122 Å². The number of hydrogen-bond acceptors (Lipinski definition) is 5. The fourth-order valence-electron chi connectivity index (χ4n) is 1.39. The van der Waals surface area contributed by atoms with Crippen molar-refractivity contribution in [3.8, 4) is 0 Å². The molecule has 0 spiro atoms. The lowest BCUT2D eigenvalue weighted by Crippen LogP contribution is -2.37. The summed E-state index contributed by atoms with van der Waals surface area (Å²) < 4.78 is 1.30. The van der Waals surface area contributed by atoms with Gasteiger partial charge in [0.05, 0.1) is 18.1 Å². The number of aliphatic hydroxyl groups excluding tert-OH is 1. The quantitative estimate of drug-likeness (QED) is 0.343. The zero-order valence-electron chi connectivity index (χ0n) is 10.7. The zero-order valence-corrected chi connectivity index (χ0v) is 12.3. The summed E-state index contributed by atoms with van der Waals surface area (Å²) in [7, 11) is 0. The van der Waals surface area contributed by atoms with Gasteiger partial charge in [-0.1, -0.05) is 18.8 Å². The number of alkyl halides is 1. The molecule has 9 heteroatoms. The molecule has 1 aromatic rings. The number of nitrogens with zero attached hydrogens (tertiary/aromatic N) is 3. The van der Waals surface area contributed by atoms with Crippen molar-refractivity contribution in [2.24, 2.45) is 5.92 Å². The second-order valence-electron chi connectivity index (χ2n) is 4.34. The van der Waals surface area contributed by atoms with Gasteiger partial charge in [0, 0.05) is 6.54 Å². The highest BCUT2D eigenvalue weighted by Gasteiger charge is 2.18. The average Bonchev–Trinajstić information content (AvgIpc) is 2.73. The molecule has 0 aliphatic carbocycles. The summed E-state index contributed by atoms with van der Waals surface area (Å²) in [4.78, 5) is 13.6. The van der Waals surface area contributed by atoms with Gasteiger partial charge in [-0.25, -0.2) is 4.57 Å². The summed E-state index contributed by atoms with van der Waals surface area (Å²) in [6.45, 7) is 4.28. The van der Waals surface area contributed by atoms with E-state index in [9.17, 15) is 15.2 Å². The van der Waals surface area contributed by atoms with Crippen LogP contribution in [0.2, 0.25) is 0 Å². The zero-order chi connectivity index (χ0) is 13.7. The standard InChI is InChI=1S/C10H17ClN4O3.ClH/c1-7(2)9(11)13-5-8(16)6-14-4-3-12-10(14)15(17)18;/h3-4,7-9,13,16H,5-6H2,1-2H3;1H. The summed E-state index contributed by atoms with van der Waals surface area (Å²) >= 11 is 5.97. The van der Waals surface area contributed by atoms with E-state index in [1.54, 1.807) is 0 Å². The Hall–Kier alpha value is -0.890. The van der Waals surface area contributed by atoms with Crippen LogP contribution in [0, 0.1) is 16.0 Å². The highest BCUT2D eigenvalue weighted by molar-refractivity contribution is 6.20. The van der Waals surface area contributed by atoms with E-state index in [4.69, 9.17) is 11.6 Å². The second-order valence-corrected chi connectivity index (χ2v) is 4.81. The van der Waals surface area contributed by atoms with Crippen LogP contribution >= 0.6 is 24.0 Å². The number of nitrogens with one attached hydrogen (secondary N) is 1. The first-order valence-corrected chi connectivity index (χ1v) is 6.06. The van der Waals surface area contributed by atoms with E-state index in [0.717, 1.165) is 0 Å². The van der Waals surface area contributed by atoms with Crippen LogP contribution in [0.15, 0.2) is 12.4 Å². The monoisotopic (exact) mass is 312 g/mol. The van der Waals surface area contributed by atoms with Crippen LogP contribution in [0.25, 0.3) is 0 Å². The minimum Gasteiger partial charge on any atom is -0.390 e. The first-order chi connectivity index (χ1) is 8.41. The minimum atomic E-state index is -0.766. The van der Waals surface area contributed by atoms with Gasteiger partial charge in [0.2, 0.25) is 0 Å². The molecule has 0 saturated carbocycles. The summed E-state index contributed by atoms with van der Waals surface area (Å²) in [6.07, 6.45) is 2.02. The minimum absolute atomic E-state index is 0. The molecule has 1 rings (SSSR count). The molecule has 7 nitrogen and oxygen atoms in total. The average molecular weight is 313 g/mol. The highest BCUT2D eigenvalue weighted by Crippen LogP contribution is 2.09. The molecule has 0 aromatic carbocycles. The molecular formula is C10H18Cl2N4O3. The van der Waals surface area contributed by atoms with Gasteiger partial charge in [0.15, 0.2) is 0 Å². The van der Waals surface area contributed by atoms with Crippen molar-refractivity contribution >= 4 is 30.0 Å². The molecule has 110 valence electrons. The lowest BCUT2D eigenvalue weighted by atomic mass is 10.2. The topological polar surface area (TPSA) is 93.2 Å².